The van der Waals surface area contributed by atoms with Crippen LogP contribution in [0.2, 0.25) is 0 Å². The number of rotatable bonds is 4. The summed E-state index contributed by atoms with van der Waals surface area (Å²) < 4.78 is 11.0. The Morgan fingerprint density at radius 3 is 2.56 bits per heavy atom. The maximum atomic E-state index is 5.64. The van der Waals surface area contributed by atoms with Crippen molar-refractivity contribution in [2.45, 2.75) is 20.1 Å². The molecule has 2 heteroatoms. The lowest BCUT2D eigenvalue weighted by Gasteiger charge is -2.14. The fourth-order valence-electron chi connectivity index (χ4n) is 1.70. The molecule has 2 nitrogen and oxygen atoms in total. The van der Waals surface area contributed by atoms with Gasteiger partial charge in [0.15, 0.2) is 6.29 Å². The molecule has 0 N–H and O–H groups in total. The summed E-state index contributed by atoms with van der Waals surface area (Å²) in [6, 6.07) is 14.3. The van der Waals surface area contributed by atoms with E-state index in [0.29, 0.717) is 6.61 Å². The predicted octanol–water partition coefficient (Wildman–Crippen LogP) is 3.60. The van der Waals surface area contributed by atoms with Crippen LogP contribution in [0.1, 0.15) is 13.8 Å². The molecule has 0 aromatic heterocycles. The molecule has 2 aromatic carbocycles. The van der Waals surface area contributed by atoms with Gasteiger partial charge in [0, 0.05) is 6.61 Å². The van der Waals surface area contributed by atoms with E-state index in [1.807, 2.05) is 38.1 Å². The Balaban J connectivity index is 2.19. The van der Waals surface area contributed by atoms with Gasteiger partial charge in [-0.15, -0.1) is 0 Å². The highest BCUT2D eigenvalue weighted by Gasteiger charge is 2.03. The molecule has 0 aliphatic rings. The first kappa shape index (κ1) is 11.0. The average Bonchev–Trinajstić information content (AvgIpc) is 2.29. The normalized spacial score (nSPS) is 12.6. The third kappa shape index (κ3) is 2.52. The van der Waals surface area contributed by atoms with Crippen LogP contribution in [-0.4, -0.2) is 12.9 Å². The van der Waals surface area contributed by atoms with Crippen LogP contribution in [0.4, 0.5) is 0 Å². The van der Waals surface area contributed by atoms with Gasteiger partial charge in [0.1, 0.15) is 5.75 Å². The van der Waals surface area contributed by atoms with Crippen LogP contribution in [0.3, 0.4) is 0 Å². The van der Waals surface area contributed by atoms with Crippen LogP contribution >= 0.6 is 0 Å². The van der Waals surface area contributed by atoms with Gasteiger partial charge in [-0.3, -0.25) is 0 Å². The van der Waals surface area contributed by atoms with Crippen LogP contribution < -0.4 is 4.74 Å². The summed E-state index contributed by atoms with van der Waals surface area (Å²) >= 11 is 0. The average molecular weight is 216 g/mol. The van der Waals surface area contributed by atoms with E-state index >= 15 is 0 Å². The zero-order valence-corrected chi connectivity index (χ0v) is 9.64. The molecule has 2 aromatic rings. The summed E-state index contributed by atoms with van der Waals surface area (Å²) in [5.41, 5.74) is 0. The summed E-state index contributed by atoms with van der Waals surface area (Å²) in [6.45, 7) is 4.52. The molecule has 0 aliphatic carbocycles. The lowest BCUT2D eigenvalue weighted by molar-refractivity contribution is -0.0612. The van der Waals surface area contributed by atoms with Gasteiger partial charge in [-0.05, 0) is 36.8 Å². The van der Waals surface area contributed by atoms with E-state index in [-0.39, 0.29) is 6.29 Å². The van der Waals surface area contributed by atoms with Crippen molar-refractivity contribution < 1.29 is 9.47 Å². The number of hydrogen-bond acceptors (Lipinski definition) is 2. The fourth-order valence-corrected chi connectivity index (χ4v) is 1.70. The third-order valence-corrected chi connectivity index (χ3v) is 2.42. The Bertz CT molecular complexity index is 465. The van der Waals surface area contributed by atoms with E-state index in [1.54, 1.807) is 0 Å². The van der Waals surface area contributed by atoms with Crippen LogP contribution in [-0.2, 0) is 4.74 Å². The second-order valence-electron chi connectivity index (χ2n) is 3.65. The molecule has 1 atom stereocenters. The van der Waals surface area contributed by atoms with Gasteiger partial charge in [0.25, 0.3) is 0 Å². The van der Waals surface area contributed by atoms with Gasteiger partial charge in [-0.25, -0.2) is 0 Å². The zero-order valence-electron chi connectivity index (χ0n) is 9.64. The van der Waals surface area contributed by atoms with Gasteiger partial charge >= 0.3 is 0 Å². The molecule has 0 spiro atoms. The first-order valence-corrected chi connectivity index (χ1v) is 5.56. The Hall–Kier alpha value is -1.54. The molecule has 16 heavy (non-hydrogen) atoms. The number of ether oxygens (including phenoxy) is 2. The molecule has 0 radical (unpaired) electrons. The lowest BCUT2D eigenvalue weighted by atomic mass is 10.1. The molecule has 0 saturated heterocycles. The summed E-state index contributed by atoms with van der Waals surface area (Å²) in [7, 11) is 0. The minimum Gasteiger partial charge on any atom is -0.465 e. The second-order valence-corrected chi connectivity index (χ2v) is 3.65. The minimum atomic E-state index is -0.203. The standard InChI is InChI=1S/C14H16O2/c1-3-15-11(2)16-14-9-8-12-6-4-5-7-13(12)10-14/h4-11H,3H2,1-2H3. The molecule has 0 aliphatic heterocycles. The van der Waals surface area contributed by atoms with Crippen LogP contribution in [0.25, 0.3) is 10.8 Å². The van der Waals surface area contributed by atoms with E-state index in [2.05, 4.69) is 18.2 Å². The summed E-state index contributed by atoms with van der Waals surface area (Å²) in [5, 5.41) is 2.41. The van der Waals surface area contributed by atoms with Gasteiger partial charge < -0.3 is 9.47 Å². The molecule has 2 rings (SSSR count). The molecule has 0 amide bonds. The molecule has 0 bridgehead atoms. The minimum absolute atomic E-state index is 0.203. The van der Waals surface area contributed by atoms with Crippen molar-refractivity contribution in [1.29, 1.82) is 0 Å². The maximum Gasteiger partial charge on any atom is 0.196 e. The van der Waals surface area contributed by atoms with Crippen molar-refractivity contribution in [1.82, 2.24) is 0 Å². The van der Waals surface area contributed by atoms with E-state index in [0.717, 1.165) is 5.75 Å². The van der Waals surface area contributed by atoms with Gasteiger partial charge in [0.05, 0.1) is 0 Å². The second kappa shape index (κ2) is 4.99. The van der Waals surface area contributed by atoms with Gasteiger partial charge in [-0.2, -0.15) is 0 Å². The highest BCUT2D eigenvalue weighted by Crippen LogP contribution is 2.21. The molecular weight excluding hydrogens is 200 g/mol. The van der Waals surface area contributed by atoms with E-state index in [9.17, 15) is 0 Å². The molecule has 0 fully saturated rings. The first-order chi connectivity index (χ1) is 7.79. The topological polar surface area (TPSA) is 18.5 Å². The lowest BCUT2D eigenvalue weighted by Crippen LogP contribution is -2.15. The maximum absolute atomic E-state index is 5.64. The highest BCUT2D eigenvalue weighted by molar-refractivity contribution is 5.83. The largest absolute Gasteiger partial charge is 0.465 e. The Labute approximate surface area is 95.8 Å². The van der Waals surface area contributed by atoms with Crippen LogP contribution in [0, 0.1) is 0 Å². The SMILES string of the molecule is CCOC(C)Oc1ccc2ccccc2c1. The molecule has 84 valence electrons. The fraction of sp³-hybridized carbons (Fsp3) is 0.286. The van der Waals surface area contributed by atoms with Crippen molar-refractivity contribution in [3.63, 3.8) is 0 Å². The first-order valence-electron chi connectivity index (χ1n) is 5.56. The van der Waals surface area contributed by atoms with E-state index in [1.165, 1.54) is 10.8 Å². The number of hydrogen-bond donors (Lipinski definition) is 0. The van der Waals surface area contributed by atoms with Crippen molar-refractivity contribution >= 4 is 10.8 Å². The molecule has 0 saturated carbocycles. The molecular formula is C14H16O2. The van der Waals surface area contributed by atoms with Gasteiger partial charge in [-0.1, -0.05) is 30.3 Å². The Morgan fingerprint density at radius 2 is 1.81 bits per heavy atom. The van der Waals surface area contributed by atoms with Gasteiger partial charge in [0.2, 0.25) is 0 Å². The van der Waals surface area contributed by atoms with E-state index < -0.39 is 0 Å². The zero-order chi connectivity index (χ0) is 11.4. The highest BCUT2D eigenvalue weighted by atomic mass is 16.7. The molecule has 0 heterocycles. The predicted molar refractivity (Wildman–Crippen MR) is 65.7 cm³/mol. The van der Waals surface area contributed by atoms with E-state index in [4.69, 9.17) is 9.47 Å². The smallest absolute Gasteiger partial charge is 0.196 e. The van der Waals surface area contributed by atoms with Crippen molar-refractivity contribution in [3.8, 4) is 5.75 Å². The summed E-state index contributed by atoms with van der Waals surface area (Å²) in [6.07, 6.45) is -0.203. The van der Waals surface area contributed by atoms with Crippen LogP contribution in [0.5, 0.6) is 5.75 Å². The Morgan fingerprint density at radius 1 is 1.06 bits per heavy atom. The number of fused-ring (bicyclic) bond motifs is 1. The molecule has 1 unspecified atom stereocenters. The summed E-state index contributed by atoms with van der Waals surface area (Å²) in [4.78, 5) is 0. The third-order valence-electron chi connectivity index (χ3n) is 2.42. The quantitative estimate of drug-likeness (QED) is 0.727. The number of benzene rings is 2. The summed E-state index contributed by atoms with van der Waals surface area (Å²) in [5.74, 6) is 0.847. The van der Waals surface area contributed by atoms with Crippen molar-refractivity contribution in [2.24, 2.45) is 0 Å². The van der Waals surface area contributed by atoms with Crippen molar-refractivity contribution in [2.75, 3.05) is 6.61 Å². The van der Waals surface area contributed by atoms with Crippen molar-refractivity contribution in [3.05, 3.63) is 42.5 Å². The van der Waals surface area contributed by atoms with Crippen LogP contribution in [0.15, 0.2) is 42.5 Å². The Kier molecular flexibility index (Phi) is 3.42. The monoisotopic (exact) mass is 216 g/mol.